The SMILES string of the molecule is COc1ccccc1-c1nc2c(c(C(=O)O)n1)CNCC2. The smallest absolute Gasteiger partial charge is 0.354 e. The minimum absolute atomic E-state index is 0.0631. The summed E-state index contributed by atoms with van der Waals surface area (Å²) < 4.78 is 5.30. The van der Waals surface area contributed by atoms with E-state index in [2.05, 4.69) is 15.3 Å². The lowest BCUT2D eigenvalue weighted by atomic mass is 10.0. The molecule has 1 aromatic carbocycles. The van der Waals surface area contributed by atoms with Gasteiger partial charge in [-0.2, -0.15) is 0 Å². The number of hydrogen-bond acceptors (Lipinski definition) is 5. The Bertz CT molecular complexity index is 701. The Labute approximate surface area is 121 Å². The fourth-order valence-corrected chi connectivity index (χ4v) is 2.47. The van der Waals surface area contributed by atoms with Gasteiger partial charge in [0.05, 0.1) is 18.4 Å². The van der Waals surface area contributed by atoms with E-state index in [1.807, 2.05) is 18.2 Å². The first-order valence-electron chi connectivity index (χ1n) is 6.68. The minimum atomic E-state index is -1.03. The van der Waals surface area contributed by atoms with E-state index >= 15 is 0 Å². The second-order valence-electron chi connectivity index (χ2n) is 4.75. The number of hydrogen-bond donors (Lipinski definition) is 2. The number of para-hydroxylation sites is 1. The molecule has 3 rings (SSSR count). The number of benzene rings is 1. The van der Waals surface area contributed by atoms with Crippen LogP contribution in [0.5, 0.6) is 5.75 Å². The first-order valence-corrected chi connectivity index (χ1v) is 6.68. The van der Waals surface area contributed by atoms with Crippen LogP contribution in [0.15, 0.2) is 24.3 Å². The molecule has 2 aromatic rings. The van der Waals surface area contributed by atoms with Gasteiger partial charge in [-0.3, -0.25) is 0 Å². The molecule has 1 aromatic heterocycles. The second kappa shape index (κ2) is 5.49. The predicted octanol–water partition coefficient (Wildman–Crippen LogP) is 1.50. The summed E-state index contributed by atoms with van der Waals surface area (Å²) in [7, 11) is 1.57. The number of aromatic nitrogens is 2. The first kappa shape index (κ1) is 13.5. The van der Waals surface area contributed by atoms with Crippen LogP contribution in [-0.4, -0.2) is 34.7 Å². The van der Waals surface area contributed by atoms with Gasteiger partial charge in [-0.25, -0.2) is 14.8 Å². The fraction of sp³-hybridized carbons (Fsp3) is 0.267. The molecule has 0 bridgehead atoms. The van der Waals surface area contributed by atoms with Gasteiger partial charge in [0.1, 0.15) is 5.75 Å². The van der Waals surface area contributed by atoms with Crippen molar-refractivity contribution in [2.24, 2.45) is 0 Å². The molecule has 0 unspecified atom stereocenters. The third-order valence-electron chi connectivity index (χ3n) is 3.48. The highest BCUT2D eigenvalue weighted by molar-refractivity contribution is 5.88. The van der Waals surface area contributed by atoms with Crippen molar-refractivity contribution in [3.8, 4) is 17.1 Å². The summed E-state index contributed by atoms with van der Waals surface area (Å²) in [5.41, 5.74) is 2.23. The third kappa shape index (κ3) is 2.45. The lowest BCUT2D eigenvalue weighted by molar-refractivity contribution is 0.0688. The predicted molar refractivity (Wildman–Crippen MR) is 76.4 cm³/mol. The van der Waals surface area contributed by atoms with E-state index in [1.54, 1.807) is 13.2 Å². The van der Waals surface area contributed by atoms with Crippen LogP contribution >= 0.6 is 0 Å². The van der Waals surface area contributed by atoms with Crippen molar-refractivity contribution in [2.45, 2.75) is 13.0 Å². The van der Waals surface area contributed by atoms with E-state index in [0.717, 1.165) is 12.2 Å². The number of nitrogens with zero attached hydrogens (tertiary/aromatic N) is 2. The highest BCUT2D eigenvalue weighted by atomic mass is 16.5. The van der Waals surface area contributed by atoms with Crippen molar-refractivity contribution >= 4 is 5.97 Å². The van der Waals surface area contributed by atoms with Gasteiger partial charge in [0.2, 0.25) is 0 Å². The molecule has 0 saturated carbocycles. The Balaban J connectivity index is 2.20. The van der Waals surface area contributed by atoms with Gasteiger partial charge < -0.3 is 15.2 Å². The van der Waals surface area contributed by atoms with Crippen molar-refractivity contribution < 1.29 is 14.6 Å². The van der Waals surface area contributed by atoms with Crippen LogP contribution in [0.4, 0.5) is 0 Å². The number of nitrogens with one attached hydrogen (secondary N) is 1. The van der Waals surface area contributed by atoms with Crippen LogP contribution < -0.4 is 10.1 Å². The Hall–Kier alpha value is -2.47. The van der Waals surface area contributed by atoms with Crippen LogP contribution in [0, 0.1) is 0 Å². The average molecular weight is 285 g/mol. The lowest BCUT2D eigenvalue weighted by Crippen LogP contribution is -2.28. The molecule has 2 N–H and O–H groups in total. The normalized spacial score (nSPS) is 13.6. The van der Waals surface area contributed by atoms with Crippen molar-refractivity contribution in [2.75, 3.05) is 13.7 Å². The van der Waals surface area contributed by atoms with Gasteiger partial charge >= 0.3 is 5.97 Å². The molecule has 2 heterocycles. The summed E-state index contributed by atoms with van der Waals surface area (Å²) in [5.74, 6) is -0.0123. The summed E-state index contributed by atoms with van der Waals surface area (Å²) in [4.78, 5) is 20.2. The molecular formula is C15H15N3O3. The quantitative estimate of drug-likeness (QED) is 0.889. The van der Waals surface area contributed by atoms with E-state index in [1.165, 1.54) is 0 Å². The number of fused-ring (bicyclic) bond motifs is 1. The molecule has 1 aliphatic rings. The monoisotopic (exact) mass is 285 g/mol. The standard InChI is InChI=1S/C15H15N3O3/c1-21-12-5-3-2-4-9(12)14-17-11-6-7-16-8-10(11)13(18-14)15(19)20/h2-5,16H,6-8H2,1H3,(H,19,20). The van der Waals surface area contributed by atoms with Crippen LogP contribution in [-0.2, 0) is 13.0 Å². The van der Waals surface area contributed by atoms with Crippen molar-refractivity contribution in [1.29, 1.82) is 0 Å². The molecule has 0 aliphatic carbocycles. The zero-order valence-electron chi connectivity index (χ0n) is 11.6. The number of aromatic carboxylic acids is 1. The van der Waals surface area contributed by atoms with Crippen LogP contribution in [0.3, 0.4) is 0 Å². The molecule has 0 atom stereocenters. The lowest BCUT2D eigenvalue weighted by Gasteiger charge is -2.19. The Morgan fingerprint density at radius 2 is 2.14 bits per heavy atom. The number of ether oxygens (including phenoxy) is 1. The summed E-state index contributed by atoms with van der Waals surface area (Å²) >= 11 is 0. The van der Waals surface area contributed by atoms with E-state index in [4.69, 9.17) is 4.74 Å². The van der Waals surface area contributed by atoms with E-state index in [-0.39, 0.29) is 5.69 Å². The molecule has 0 spiro atoms. The molecule has 6 heteroatoms. The molecule has 0 fully saturated rings. The minimum Gasteiger partial charge on any atom is -0.496 e. The molecule has 6 nitrogen and oxygen atoms in total. The van der Waals surface area contributed by atoms with Gasteiger partial charge in [0.25, 0.3) is 0 Å². The highest BCUT2D eigenvalue weighted by Gasteiger charge is 2.22. The number of carbonyl (C=O) groups is 1. The van der Waals surface area contributed by atoms with Gasteiger partial charge in [-0.1, -0.05) is 12.1 Å². The molecule has 0 saturated heterocycles. The van der Waals surface area contributed by atoms with Gasteiger partial charge in [0.15, 0.2) is 11.5 Å². The van der Waals surface area contributed by atoms with Crippen molar-refractivity contribution in [3.63, 3.8) is 0 Å². The molecule has 1 aliphatic heterocycles. The van der Waals surface area contributed by atoms with Crippen LogP contribution in [0.2, 0.25) is 0 Å². The van der Waals surface area contributed by atoms with Crippen molar-refractivity contribution in [1.82, 2.24) is 15.3 Å². The largest absolute Gasteiger partial charge is 0.496 e. The first-order chi connectivity index (χ1) is 10.2. The van der Waals surface area contributed by atoms with Crippen LogP contribution in [0.25, 0.3) is 11.4 Å². The summed E-state index contributed by atoms with van der Waals surface area (Å²) in [6.45, 7) is 1.28. The van der Waals surface area contributed by atoms with E-state index in [0.29, 0.717) is 35.7 Å². The zero-order valence-corrected chi connectivity index (χ0v) is 11.6. The fourth-order valence-electron chi connectivity index (χ4n) is 2.47. The third-order valence-corrected chi connectivity index (χ3v) is 3.48. The molecule has 0 radical (unpaired) electrons. The Kier molecular flexibility index (Phi) is 3.53. The number of rotatable bonds is 3. The van der Waals surface area contributed by atoms with Crippen LogP contribution in [0.1, 0.15) is 21.7 Å². The zero-order chi connectivity index (χ0) is 14.8. The summed E-state index contributed by atoms with van der Waals surface area (Å²) in [5, 5.41) is 12.5. The number of carboxylic acids is 1. The van der Waals surface area contributed by atoms with Gasteiger partial charge in [0, 0.05) is 25.1 Å². The van der Waals surface area contributed by atoms with Gasteiger partial charge in [-0.15, -0.1) is 0 Å². The molecular weight excluding hydrogens is 270 g/mol. The van der Waals surface area contributed by atoms with E-state index in [9.17, 15) is 9.90 Å². The van der Waals surface area contributed by atoms with E-state index < -0.39 is 5.97 Å². The molecule has 108 valence electrons. The van der Waals surface area contributed by atoms with Gasteiger partial charge in [-0.05, 0) is 12.1 Å². The maximum atomic E-state index is 11.5. The molecule has 21 heavy (non-hydrogen) atoms. The Morgan fingerprint density at radius 1 is 1.33 bits per heavy atom. The summed E-state index contributed by atoms with van der Waals surface area (Å²) in [6.07, 6.45) is 0.695. The number of methoxy groups -OCH3 is 1. The second-order valence-corrected chi connectivity index (χ2v) is 4.75. The number of carboxylic acid groups (broad SMARTS) is 1. The maximum Gasteiger partial charge on any atom is 0.354 e. The Morgan fingerprint density at radius 3 is 2.90 bits per heavy atom. The maximum absolute atomic E-state index is 11.5. The topological polar surface area (TPSA) is 84.3 Å². The average Bonchev–Trinajstić information content (AvgIpc) is 2.53. The van der Waals surface area contributed by atoms with Crippen molar-refractivity contribution in [3.05, 3.63) is 41.2 Å². The highest BCUT2D eigenvalue weighted by Crippen LogP contribution is 2.28. The molecule has 0 amide bonds. The summed E-state index contributed by atoms with van der Waals surface area (Å²) in [6, 6.07) is 7.33.